The van der Waals surface area contributed by atoms with Crippen molar-refractivity contribution in [3.05, 3.63) is 48.2 Å². The Morgan fingerprint density at radius 2 is 2.09 bits per heavy atom. The van der Waals surface area contributed by atoms with E-state index in [1.165, 1.54) is 12.1 Å². The summed E-state index contributed by atoms with van der Waals surface area (Å²) in [6.45, 7) is 3.16. The smallest absolute Gasteiger partial charge is 0.132 e. The van der Waals surface area contributed by atoms with E-state index in [2.05, 4.69) is 9.97 Å². The average molecular weight is 303 g/mol. The number of aromatic nitrogens is 2. The number of hydrogen-bond donors (Lipinski definition) is 1. The molecule has 0 spiro atoms. The molecule has 116 valence electrons. The van der Waals surface area contributed by atoms with E-state index in [0.717, 1.165) is 5.82 Å². The Morgan fingerprint density at radius 1 is 1.32 bits per heavy atom. The third-order valence-electron chi connectivity index (χ3n) is 3.74. The van der Waals surface area contributed by atoms with Gasteiger partial charge in [-0.15, -0.1) is 0 Å². The molecule has 5 nitrogen and oxygen atoms in total. The first-order valence-electron chi connectivity index (χ1n) is 7.19. The van der Waals surface area contributed by atoms with E-state index in [4.69, 9.17) is 4.74 Å². The van der Waals surface area contributed by atoms with Crippen LogP contribution in [0.4, 0.5) is 10.2 Å². The van der Waals surface area contributed by atoms with Crippen LogP contribution in [0, 0.1) is 12.7 Å². The van der Waals surface area contributed by atoms with Crippen LogP contribution in [-0.2, 0) is 0 Å². The molecule has 1 aliphatic rings. The second-order valence-electron chi connectivity index (χ2n) is 5.60. The lowest BCUT2D eigenvalue weighted by Crippen LogP contribution is -2.39. The Hall–Kier alpha value is -2.21. The van der Waals surface area contributed by atoms with Crippen molar-refractivity contribution in [2.45, 2.75) is 18.9 Å². The minimum Gasteiger partial charge on any atom is -0.491 e. The molecular formula is C16H18FN3O2. The van der Waals surface area contributed by atoms with Gasteiger partial charge < -0.3 is 14.7 Å². The first kappa shape index (κ1) is 14.7. The molecular weight excluding hydrogens is 285 g/mol. The summed E-state index contributed by atoms with van der Waals surface area (Å²) >= 11 is 0. The van der Waals surface area contributed by atoms with Gasteiger partial charge in [0.2, 0.25) is 0 Å². The zero-order chi connectivity index (χ0) is 15.6. The lowest BCUT2D eigenvalue weighted by molar-refractivity contribution is 0.0144. The zero-order valence-corrected chi connectivity index (χ0v) is 12.4. The number of aliphatic hydroxyl groups is 1. The summed E-state index contributed by atoms with van der Waals surface area (Å²) in [6, 6.07) is 7.62. The highest BCUT2D eigenvalue weighted by molar-refractivity contribution is 5.40. The highest BCUT2D eigenvalue weighted by atomic mass is 19.1. The van der Waals surface area contributed by atoms with Crippen LogP contribution in [0.1, 0.15) is 12.2 Å². The summed E-state index contributed by atoms with van der Waals surface area (Å²) in [7, 11) is 0. The van der Waals surface area contributed by atoms with Gasteiger partial charge in [-0.3, -0.25) is 0 Å². The maximum Gasteiger partial charge on any atom is 0.132 e. The summed E-state index contributed by atoms with van der Waals surface area (Å²) < 4.78 is 18.4. The fourth-order valence-electron chi connectivity index (χ4n) is 2.54. The molecule has 0 saturated carbocycles. The summed E-state index contributed by atoms with van der Waals surface area (Å²) in [4.78, 5) is 10.5. The molecule has 3 rings (SSSR count). The van der Waals surface area contributed by atoms with E-state index in [1.807, 2.05) is 17.9 Å². The second-order valence-corrected chi connectivity index (χ2v) is 5.60. The van der Waals surface area contributed by atoms with Gasteiger partial charge in [-0.2, -0.15) is 0 Å². The molecule has 1 saturated heterocycles. The topological polar surface area (TPSA) is 58.5 Å². The summed E-state index contributed by atoms with van der Waals surface area (Å²) in [5.41, 5.74) is -0.937. The molecule has 1 aromatic carbocycles. The average Bonchev–Trinajstić information content (AvgIpc) is 2.90. The molecule has 1 atom stereocenters. The molecule has 1 aliphatic heterocycles. The zero-order valence-electron chi connectivity index (χ0n) is 12.4. The molecule has 2 aromatic rings. The number of ether oxygens (including phenoxy) is 1. The van der Waals surface area contributed by atoms with Crippen LogP contribution >= 0.6 is 0 Å². The monoisotopic (exact) mass is 303 g/mol. The molecule has 0 radical (unpaired) electrons. The van der Waals surface area contributed by atoms with Crippen molar-refractivity contribution in [3.63, 3.8) is 0 Å². The maximum absolute atomic E-state index is 12.9. The third-order valence-corrected chi connectivity index (χ3v) is 3.74. The molecule has 22 heavy (non-hydrogen) atoms. The van der Waals surface area contributed by atoms with Gasteiger partial charge >= 0.3 is 0 Å². The van der Waals surface area contributed by atoms with E-state index in [9.17, 15) is 9.50 Å². The number of halogens is 1. The van der Waals surface area contributed by atoms with Gasteiger partial charge in [0.15, 0.2) is 0 Å². The third kappa shape index (κ3) is 3.33. The fraction of sp³-hybridized carbons (Fsp3) is 0.375. The summed E-state index contributed by atoms with van der Waals surface area (Å²) in [5, 5.41) is 10.6. The standard InChI is InChI=1S/C16H18FN3O2/c1-12-18-8-6-15(19-12)20-9-7-16(21,10-20)11-22-14-4-2-13(17)3-5-14/h2-6,8,21H,7,9-11H2,1H3/t16-/m0/s1. The summed E-state index contributed by atoms with van der Waals surface area (Å²) in [5.74, 6) is 1.75. The van der Waals surface area contributed by atoms with Gasteiger partial charge in [-0.1, -0.05) is 0 Å². The number of anilines is 1. The number of aryl methyl sites for hydroxylation is 1. The molecule has 1 aromatic heterocycles. The lowest BCUT2D eigenvalue weighted by atomic mass is 10.1. The van der Waals surface area contributed by atoms with Crippen LogP contribution in [0.25, 0.3) is 0 Å². The molecule has 0 unspecified atom stereocenters. The van der Waals surface area contributed by atoms with E-state index in [0.29, 0.717) is 31.1 Å². The Labute approximate surface area is 128 Å². The number of benzene rings is 1. The van der Waals surface area contributed by atoms with E-state index < -0.39 is 5.60 Å². The second kappa shape index (κ2) is 5.88. The van der Waals surface area contributed by atoms with Crippen molar-refractivity contribution >= 4 is 5.82 Å². The molecule has 0 bridgehead atoms. The van der Waals surface area contributed by atoms with E-state index in [1.54, 1.807) is 18.3 Å². The van der Waals surface area contributed by atoms with Gasteiger partial charge in [0.05, 0.1) is 6.54 Å². The van der Waals surface area contributed by atoms with Gasteiger partial charge in [0.25, 0.3) is 0 Å². The Kier molecular flexibility index (Phi) is 3.94. The lowest BCUT2D eigenvalue weighted by Gasteiger charge is -2.24. The summed E-state index contributed by atoms with van der Waals surface area (Å²) in [6.07, 6.45) is 2.31. The van der Waals surface area contributed by atoms with Gasteiger partial charge in [-0.05, 0) is 43.7 Å². The Bertz CT molecular complexity index is 650. The first-order chi connectivity index (χ1) is 10.5. The van der Waals surface area contributed by atoms with E-state index in [-0.39, 0.29) is 12.4 Å². The number of β-amino-alcohol motifs (C(OH)–C–C–N with tert-alkyl or cyclic N) is 1. The highest BCUT2D eigenvalue weighted by Crippen LogP contribution is 2.26. The van der Waals surface area contributed by atoms with Gasteiger partial charge in [-0.25, -0.2) is 14.4 Å². The van der Waals surface area contributed by atoms with Crippen molar-refractivity contribution in [2.75, 3.05) is 24.6 Å². The number of rotatable bonds is 4. The normalized spacial score (nSPS) is 21.1. The van der Waals surface area contributed by atoms with Crippen LogP contribution in [0.2, 0.25) is 0 Å². The Balaban J connectivity index is 1.61. The van der Waals surface area contributed by atoms with Gasteiger partial charge in [0, 0.05) is 12.7 Å². The van der Waals surface area contributed by atoms with Crippen LogP contribution in [0.15, 0.2) is 36.5 Å². The van der Waals surface area contributed by atoms with Crippen molar-refractivity contribution in [3.8, 4) is 5.75 Å². The van der Waals surface area contributed by atoms with E-state index >= 15 is 0 Å². The van der Waals surface area contributed by atoms with Crippen molar-refractivity contribution in [2.24, 2.45) is 0 Å². The van der Waals surface area contributed by atoms with Crippen LogP contribution < -0.4 is 9.64 Å². The Morgan fingerprint density at radius 3 is 2.82 bits per heavy atom. The number of nitrogens with zero attached hydrogens (tertiary/aromatic N) is 3. The minimum absolute atomic E-state index is 0.166. The van der Waals surface area contributed by atoms with Crippen molar-refractivity contribution < 1.29 is 14.2 Å². The SMILES string of the molecule is Cc1nccc(N2CC[C@@](O)(COc3ccc(F)cc3)C2)n1. The molecule has 6 heteroatoms. The molecule has 0 aliphatic carbocycles. The predicted molar refractivity (Wildman–Crippen MR) is 80.4 cm³/mol. The molecule has 2 heterocycles. The van der Waals surface area contributed by atoms with Crippen LogP contribution in [0.3, 0.4) is 0 Å². The first-order valence-corrected chi connectivity index (χ1v) is 7.19. The van der Waals surface area contributed by atoms with Crippen molar-refractivity contribution in [1.82, 2.24) is 9.97 Å². The fourth-order valence-corrected chi connectivity index (χ4v) is 2.54. The quantitative estimate of drug-likeness (QED) is 0.935. The largest absolute Gasteiger partial charge is 0.491 e. The van der Waals surface area contributed by atoms with Crippen LogP contribution in [-0.4, -0.2) is 40.4 Å². The number of hydrogen-bond acceptors (Lipinski definition) is 5. The molecule has 1 fully saturated rings. The molecule has 0 amide bonds. The van der Waals surface area contributed by atoms with Crippen molar-refractivity contribution in [1.29, 1.82) is 0 Å². The maximum atomic E-state index is 12.9. The predicted octanol–water partition coefficient (Wildman–Crippen LogP) is 1.94. The minimum atomic E-state index is -0.937. The van der Waals surface area contributed by atoms with Crippen LogP contribution in [0.5, 0.6) is 5.75 Å². The molecule has 1 N–H and O–H groups in total. The highest BCUT2D eigenvalue weighted by Gasteiger charge is 2.37. The van der Waals surface area contributed by atoms with Gasteiger partial charge in [0.1, 0.15) is 35.4 Å².